The molecule has 0 aliphatic heterocycles. The van der Waals surface area contributed by atoms with E-state index < -0.39 is 5.97 Å². The number of carbonyl (C=O) groups is 2. The number of carboxylic acids is 1. The second-order valence-corrected chi connectivity index (χ2v) is 3.11. The standard InChI is InChI=1S/C10H13N3O3/c14-9(15)2-1-5-12-10(16)13-8-3-6-11-7-4-8/h3-4,6-7H,1-2,5H2,(H,14,15)(H2,11,12,13,16). The molecule has 6 nitrogen and oxygen atoms in total. The first-order valence-corrected chi connectivity index (χ1v) is 4.85. The Morgan fingerprint density at radius 3 is 2.62 bits per heavy atom. The van der Waals surface area contributed by atoms with Crippen LogP contribution in [0.5, 0.6) is 0 Å². The molecule has 0 aromatic carbocycles. The highest BCUT2D eigenvalue weighted by molar-refractivity contribution is 5.89. The van der Waals surface area contributed by atoms with Crippen molar-refractivity contribution in [3.8, 4) is 0 Å². The van der Waals surface area contributed by atoms with Crippen LogP contribution in [0.4, 0.5) is 10.5 Å². The van der Waals surface area contributed by atoms with E-state index in [9.17, 15) is 9.59 Å². The summed E-state index contributed by atoms with van der Waals surface area (Å²) in [5.41, 5.74) is 0.644. The van der Waals surface area contributed by atoms with Crippen molar-refractivity contribution >= 4 is 17.7 Å². The van der Waals surface area contributed by atoms with E-state index in [0.717, 1.165) is 0 Å². The molecule has 0 atom stereocenters. The van der Waals surface area contributed by atoms with E-state index in [4.69, 9.17) is 5.11 Å². The Hall–Kier alpha value is -2.11. The molecule has 1 heterocycles. The maximum absolute atomic E-state index is 11.3. The summed E-state index contributed by atoms with van der Waals surface area (Å²) in [5.74, 6) is -0.864. The van der Waals surface area contributed by atoms with Gasteiger partial charge in [0.15, 0.2) is 0 Å². The minimum Gasteiger partial charge on any atom is -0.481 e. The fourth-order valence-corrected chi connectivity index (χ4v) is 1.05. The normalized spacial score (nSPS) is 9.50. The highest BCUT2D eigenvalue weighted by Crippen LogP contribution is 2.02. The van der Waals surface area contributed by atoms with Crippen LogP contribution in [0.1, 0.15) is 12.8 Å². The molecule has 86 valence electrons. The van der Waals surface area contributed by atoms with Crippen molar-refractivity contribution in [3.63, 3.8) is 0 Å². The highest BCUT2D eigenvalue weighted by Gasteiger charge is 2.01. The van der Waals surface area contributed by atoms with Crippen molar-refractivity contribution in [1.29, 1.82) is 0 Å². The number of hydrogen-bond acceptors (Lipinski definition) is 3. The van der Waals surface area contributed by atoms with E-state index in [2.05, 4.69) is 15.6 Å². The fourth-order valence-electron chi connectivity index (χ4n) is 1.05. The number of rotatable bonds is 5. The van der Waals surface area contributed by atoms with Crippen LogP contribution in [0.15, 0.2) is 24.5 Å². The van der Waals surface area contributed by atoms with Gasteiger partial charge in [0, 0.05) is 31.0 Å². The third-order valence-electron chi connectivity index (χ3n) is 1.79. The van der Waals surface area contributed by atoms with E-state index in [1.807, 2.05) is 0 Å². The molecule has 3 N–H and O–H groups in total. The van der Waals surface area contributed by atoms with Crippen molar-refractivity contribution in [3.05, 3.63) is 24.5 Å². The number of pyridine rings is 1. The van der Waals surface area contributed by atoms with Crippen LogP contribution < -0.4 is 10.6 Å². The first-order valence-electron chi connectivity index (χ1n) is 4.85. The van der Waals surface area contributed by atoms with Crippen molar-refractivity contribution in [2.45, 2.75) is 12.8 Å². The zero-order chi connectivity index (χ0) is 11.8. The molecule has 0 radical (unpaired) electrons. The number of carboxylic acid groups (broad SMARTS) is 1. The monoisotopic (exact) mass is 223 g/mol. The second kappa shape index (κ2) is 6.39. The van der Waals surface area contributed by atoms with Crippen molar-refractivity contribution in [2.75, 3.05) is 11.9 Å². The van der Waals surface area contributed by atoms with Crippen LogP contribution in [0.2, 0.25) is 0 Å². The molecule has 0 unspecified atom stereocenters. The summed E-state index contributed by atoms with van der Waals surface area (Å²) in [7, 11) is 0. The zero-order valence-corrected chi connectivity index (χ0v) is 8.64. The number of urea groups is 1. The highest BCUT2D eigenvalue weighted by atomic mass is 16.4. The SMILES string of the molecule is O=C(O)CCCNC(=O)Nc1ccncc1. The molecular weight excluding hydrogens is 210 g/mol. The molecular formula is C10H13N3O3. The zero-order valence-electron chi connectivity index (χ0n) is 8.64. The molecule has 1 rings (SSSR count). The van der Waals surface area contributed by atoms with Gasteiger partial charge in [0.05, 0.1) is 0 Å². The number of anilines is 1. The largest absolute Gasteiger partial charge is 0.481 e. The minimum atomic E-state index is -0.864. The summed E-state index contributed by atoms with van der Waals surface area (Å²) in [4.78, 5) is 25.3. The molecule has 6 heteroatoms. The van der Waals surface area contributed by atoms with E-state index in [0.29, 0.717) is 18.7 Å². The lowest BCUT2D eigenvalue weighted by atomic mass is 10.3. The maximum Gasteiger partial charge on any atom is 0.319 e. The summed E-state index contributed by atoms with van der Waals surface area (Å²) in [6.07, 6.45) is 3.61. The van der Waals surface area contributed by atoms with Crippen molar-refractivity contribution < 1.29 is 14.7 Å². The summed E-state index contributed by atoms with van der Waals surface area (Å²) in [6, 6.07) is 2.98. The second-order valence-electron chi connectivity index (χ2n) is 3.11. The lowest BCUT2D eigenvalue weighted by Gasteiger charge is -2.06. The predicted octanol–water partition coefficient (Wildman–Crippen LogP) is 1.07. The Labute approximate surface area is 92.7 Å². The van der Waals surface area contributed by atoms with E-state index in [1.165, 1.54) is 0 Å². The lowest BCUT2D eigenvalue weighted by molar-refractivity contribution is -0.137. The summed E-state index contributed by atoms with van der Waals surface area (Å²) < 4.78 is 0. The number of nitrogens with one attached hydrogen (secondary N) is 2. The molecule has 0 saturated carbocycles. The van der Waals surface area contributed by atoms with Gasteiger partial charge in [-0.15, -0.1) is 0 Å². The third-order valence-corrected chi connectivity index (χ3v) is 1.79. The molecule has 0 saturated heterocycles. The Morgan fingerprint density at radius 2 is 2.00 bits per heavy atom. The topological polar surface area (TPSA) is 91.3 Å². The third kappa shape index (κ3) is 4.94. The number of amides is 2. The van der Waals surface area contributed by atoms with Crippen LogP contribution in [0.25, 0.3) is 0 Å². The van der Waals surface area contributed by atoms with Crippen molar-refractivity contribution in [2.24, 2.45) is 0 Å². The van der Waals surface area contributed by atoms with Gasteiger partial charge in [0.2, 0.25) is 0 Å². The molecule has 1 aromatic heterocycles. The molecule has 0 fully saturated rings. The van der Waals surface area contributed by atoms with Gasteiger partial charge < -0.3 is 15.7 Å². The van der Waals surface area contributed by atoms with Gasteiger partial charge in [-0.3, -0.25) is 9.78 Å². The molecule has 16 heavy (non-hydrogen) atoms. The Kier molecular flexibility index (Phi) is 4.78. The van der Waals surface area contributed by atoms with Gasteiger partial charge >= 0.3 is 12.0 Å². The average Bonchev–Trinajstić information content (AvgIpc) is 2.25. The Bertz CT molecular complexity index is 354. The summed E-state index contributed by atoms with van der Waals surface area (Å²) in [6.45, 7) is 0.337. The van der Waals surface area contributed by atoms with Crippen LogP contribution in [0.3, 0.4) is 0 Å². The minimum absolute atomic E-state index is 0.0511. The first-order chi connectivity index (χ1) is 7.68. The summed E-state index contributed by atoms with van der Waals surface area (Å²) in [5, 5.41) is 13.5. The molecule has 0 spiro atoms. The van der Waals surface area contributed by atoms with Crippen LogP contribution in [-0.4, -0.2) is 28.6 Å². The van der Waals surface area contributed by atoms with Gasteiger partial charge in [-0.25, -0.2) is 4.79 Å². The number of nitrogens with zero attached hydrogens (tertiary/aromatic N) is 1. The van der Waals surface area contributed by atoms with E-state index in [-0.39, 0.29) is 12.5 Å². The van der Waals surface area contributed by atoms with Crippen LogP contribution in [0, 0.1) is 0 Å². The number of carbonyl (C=O) groups excluding carboxylic acids is 1. The average molecular weight is 223 g/mol. The first kappa shape index (κ1) is 12.0. The maximum atomic E-state index is 11.3. The van der Waals surface area contributed by atoms with Gasteiger partial charge in [0.1, 0.15) is 0 Å². The smallest absolute Gasteiger partial charge is 0.319 e. The number of hydrogen-bond donors (Lipinski definition) is 3. The van der Waals surface area contributed by atoms with Crippen LogP contribution in [-0.2, 0) is 4.79 Å². The lowest BCUT2D eigenvalue weighted by Crippen LogP contribution is -2.29. The van der Waals surface area contributed by atoms with Crippen LogP contribution >= 0.6 is 0 Å². The molecule has 1 aromatic rings. The van der Waals surface area contributed by atoms with E-state index >= 15 is 0 Å². The number of aliphatic carboxylic acids is 1. The number of aromatic nitrogens is 1. The van der Waals surface area contributed by atoms with Gasteiger partial charge in [0.25, 0.3) is 0 Å². The molecule has 0 aliphatic rings. The Morgan fingerprint density at radius 1 is 1.31 bits per heavy atom. The Balaban J connectivity index is 2.19. The molecule has 0 aliphatic carbocycles. The summed E-state index contributed by atoms with van der Waals surface area (Å²) >= 11 is 0. The van der Waals surface area contributed by atoms with Gasteiger partial charge in [-0.05, 0) is 18.6 Å². The molecule has 0 bridgehead atoms. The fraction of sp³-hybridized carbons (Fsp3) is 0.300. The van der Waals surface area contributed by atoms with Gasteiger partial charge in [-0.1, -0.05) is 0 Å². The predicted molar refractivity (Wildman–Crippen MR) is 58.1 cm³/mol. The van der Waals surface area contributed by atoms with E-state index in [1.54, 1.807) is 24.5 Å². The van der Waals surface area contributed by atoms with Crippen molar-refractivity contribution in [1.82, 2.24) is 10.3 Å². The van der Waals surface area contributed by atoms with Gasteiger partial charge in [-0.2, -0.15) is 0 Å². The molecule has 2 amide bonds. The quantitative estimate of drug-likeness (QED) is 0.651.